The highest BCUT2D eigenvalue weighted by molar-refractivity contribution is 6.03. The molecule has 0 fully saturated rings. The number of nitrogens with one attached hydrogen (secondary N) is 3. The van der Waals surface area contributed by atoms with Gasteiger partial charge in [0.15, 0.2) is 0 Å². The Labute approximate surface area is 88.7 Å². The number of amides is 2. The fourth-order valence-electron chi connectivity index (χ4n) is 1.22. The number of hydrogen-bond acceptors (Lipinski definition) is 4. The lowest BCUT2D eigenvalue weighted by Gasteiger charge is -2.03. The minimum Gasteiger partial charge on any atom is -0.464 e. The highest BCUT2D eigenvalue weighted by Gasteiger charge is 2.13. The van der Waals surface area contributed by atoms with Crippen LogP contribution in [0.2, 0.25) is 0 Å². The first-order valence-corrected chi connectivity index (χ1v) is 4.26. The largest absolute Gasteiger partial charge is 0.464 e. The van der Waals surface area contributed by atoms with E-state index in [0.29, 0.717) is 11.0 Å². The molecule has 8 heteroatoms. The minimum absolute atomic E-state index is 0.0972. The molecule has 0 aliphatic rings. The predicted molar refractivity (Wildman–Crippen MR) is 52.5 cm³/mol. The lowest BCUT2D eigenvalue weighted by molar-refractivity contribution is 0.0923. The average Bonchev–Trinajstić information content (AvgIpc) is 2.73. The lowest BCUT2D eigenvalue weighted by Crippen LogP contribution is -2.41. The standard InChI is InChI=1S/C8H7N5O3/c14-7(12-13-8(15)16)5-4-1-2-9-6(4)11-3-10-5/h1-3,13H,(H,12,14)(H,15,16)(H,9,10,11). The third-order valence-electron chi connectivity index (χ3n) is 1.85. The van der Waals surface area contributed by atoms with Gasteiger partial charge in [-0.25, -0.2) is 20.2 Å². The van der Waals surface area contributed by atoms with Crippen LogP contribution in [0.3, 0.4) is 0 Å². The molecule has 8 nitrogen and oxygen atoms in total. The maximum Gasteiger partial charge on any atom is 0.423 e. The van der Waals surface area contributed by atoms with Gasteiger partial charge < -0.3 is 10.1 Å². The zero-order chi connectivity index (χ0) is 11.5. The van der Waals surface area contributed by atoms with Crippen LogP contribution < -0.4 is 10.9 Å². The van der Waals surface area contributed by atoms with Crippen LogP contribution in [-0.4, -0.2) is 32.1 Å². The summed E-state index contributed by atoms with van der Waals surface area (Å²) in [6.45, 7) is 0. The van der Waals surface area contributed by atoms with Crippen molar-refractivity contribution >= 4 is 23.0 Å². The van der Waals surface area contributed by atoms with E-state index in [1.54, 1.807) is 17.7 Å². The second-order valence-electron chi connectivity index (χ2n) is 2.85. The molecule has 0 saturated heterocycles. The van der Waals surface area contributed by atoms with E-state index in [0.717, 1.165) is 0 Å². The Morgan fingerprint density at radius 1 is 1.31 bits per heavy atom. The van der Waals surface area contributed by atoms with Crippen molar-refractivity contribution in [2.24, 2.45) is 0 Å². The summed E-state index contributed by atoms with van der Waals surface area (Å²) < 4.78 is 0. The summed E-state index contributed by atoms with van der Waals surface area (Å²) in [5, 5.41) is 8.84. The molecular formula is C8H7N5O3. The number of carboxylic acid groups (broad SMARTS) is 1. The van der Waals surface area contributed by atoms with Gasteiger partial charge in [0.05, 0.1) is 5.39 Å². The number of fused-ring (bicyclic) bond motifs is 1. The molecule has 2 rings (SSSR count). The molecule has 2 aromatic heterocycles. The predicted octanol–water partition coefficient (Wildman–Crippen LogP) is -0.130. The number of H-pyrrole nitrogens is 1. The zero-order valence-corrected chi connectivity index (χ0v) is 7.89. The summed E-state index contributed by atoms with van der Waals surface area (Å²) in [7, 11) is 0. The molecule has 2 amide bonds. The van der Waals surface area contributed by atoms with Crippen LogP contribution in [0.5, 0.6) is 0 Å². The van der Waals surface area contributed by atoms with E-state index >= 15 is 0 Å². The highest BCUT2D eigenvalue weighted by atomic mass is 16.4. The number of aromatic nitrogens is 3. The Morgan fingerprint density at radius 2 is 2.12 bits per heavy atom. The summed E-state index contributed by atoms with van der Waals surface area (Å²) in [6.07, 6.45) is 1.47. The molecule has 0 bridgehead atoms. The Hall–Kier alpha value is -2.64. The van der Waals surface area contributed by atoms with Crippen molar-refractivity contribution < 1.29 is 14.7 Å². The van der Waals surface area contributed by atoms with Crippen molar-refractivity contribution in [3.05, 3.63) is 24.3 Å². The van der Waals surface area contributed by atoms with E-state index in [2.05, 4.69) is 15.0 Å². The van der Waals surface area contributed by atoms with Crippen molar-refractivity contribution in [1.82, 2.24) is 25.8 Å². The Bertz CT molecular complexity index is 549. The van der Waals surface area contributed by atoms with E-state index < -0.39 is 12.0 Å². The van der Waals surface area contributed by atoms with E-state index in [1.807, 2.05) is 5.43 Å². The van der Waals surface area contributed by atoms with E-state index in [-0.39, 0.29) is 5.69 Å². The number of carbonyl (C=O) groups is 2. The first-order chi connectivity index (χ1) is 7.68. The molecule has 0 spiro atoms. The maximum atomic E-state index is 11.5. The SMILES string of the molecule is O=C(O)NNC(=O)c1ncnc2[nH]ccc12. The number of hydrogen-bond donors (Lipinski definition) is 4. The molecule has 0 unspecified atom stereocenters. The molecule has 82 valence electrons. The fourth-order valence-corrected chi connectivity index (χ4v) is 1.22. The normalized spacial score (nSPS) is 10.0. The molecule has 16 heavy (non-hydrogen) atoms. The lowest BCUT2D eigenvalue weighted by atomic mass is 10.3. The Balaban J connectivity index is 2.29. The van der Waals surface area contributed by atoms with Crippen LogP contribution >= 0.6 is 0 Å². The van der Waals surface area contributed by atoms with Crippen molar-refractivity contribution in [3.8, 4) is 0 Å². The molecule has 2 aromatic rings. The first-order valence-electron chi connectivity index (χ1n) is 4.26. The summed E-state index contributed by atoms with van der Waals surface area (Å²) >= 11 is 0. The highest BCUT2D eigenvalue weighted by Crippen LogP contribution is 2.11. The molecule has 0 aliphatic heterocycles. The van der Waals surface area contributed by atoms with E-state index in [4.69, 9.17) is 5.11 Å². The van der Waals surface area contributed by atoms with Crippen molar-refractivity contribution in [3.63, 3.8) is 0 Å². The van der Waals surface area contributed by atoms with Gasteiger partial charge in [-0.05, 0) is 6.07 Å². The second kappa shape index (κ2) is 3.85. The monoisotopic (exact) mass is 221 g/mol. The molecular weight excluding hydrogens is 214 g/mol. The summed E-state index contributed by atoms with van der Waals surface area (Å²) in [5.41, 5.74) is 4.34. The fraction of sp³-hybridized carbons (Fsp3) is 0. The number of carbonyl (C=O) groups excluding carboxylic acids is 1. The topological polar surface area (TPSA) is 120 Å². The maximum absolute atomic E-state index is 11.5. The molecule has 0 aliphatic carbocycles. The van der Waals surface area contributed by atoms with Crippen LogP contribution in [0.1, 0.15) is 10.5 Å². The van der Waals surface area contributed by atoms with Gasteiger partial charge in [0.2, 0.25) is 0 Å². The molecule has 4 N–H and O–H groups in total. The van der Waals surface area contributed by atoms with Crippen molar-refractivity contribution in [1.29, 1.82) is 0 Å². The number of hydrazine groups is 1. The first kappa shape index (κ1) is 9.90. The number of rotatable bonds is 1. The average molecular weight is 221 g/mol. The van der Waals surface area contributed by atoms with Gasteiger partial charge in [-0.1, -0.05) is 0 Å². The molecule has 0 radical (unpaired) electrons. The number of aromatic amines is 1. The van der Waals surface area contributed by atoms with E-state index in [9.17, 15) is 9.59 Å². The van der Waals surface area contributed by atoms with Crippen LogP contribution in [0.15, 0.2) is 18.6 Å². The van der Waals surface area contributed by atoms with Gasteiger partial charge in [-0.3, -0.25) is 10.2 Å². The van der Waals surface area contributed by atoms with Gasteiger partial charge in [0, 0.05) is 6.20 Å². The van der Waals surface area contributed by atoms with Crippen molar-refractivity contribution in [2.45, 2.75) is 0 Å². The summed E-state index contributed by atoms with van der Waals surface area (Å²) in [6, 6.07) is 1.63. The molecule has 0 aromatic carbocycles. The Morgan fingerprint density at radius 3 is 2.88 bits per heavy atom. The summed E-state index contributed by atoms with van der Waals surface area (Å²) in [4.78, 5) is 32.2. The van der Waals surface area contributed by atoms with Crippen LogP contribution in [0, 0.1) is 0 Å². The van der Waals surface area contributed by atoms with Crippen LogP contribution in [-0.2, 0) is 0 Å². The quantitative estimate of drug-likeness (QED) is 0.500. The smallest absolute Gasteiger partial charge is 0.423 e. The minimum atomic E-state index is -1.35. The van der Waals surface area contributed by atoms with Gasteiger partial charge in [-0.15, -0.1) is 0 Å². The van der Waals surface area contributed by atoms with Gasteiger partial charge in [-0.2, -0.15) is 0 Å². The molecule has 0 atom stereocenters. The van der Waals surface area contributed by atoms with E-state index in [1.165, 1.54) is 6.33 Å². The molecule has 0 saturated carbocycles. The number of nitrogens with zero attached hydrogens (tertiary/aromatic N) is 2. The van der Waals surface area contributed by atoms with Gasteiger partial charge in [0.1, 0.15) is 17.7 Å². The zero-order valence-electron chi connectivity index (χ0n) is 7.89. The second-order valence-corrected chi connectivity index (χ2v) is 2.85. The van der Waals surface area contributed by atoms with Crippen molar-refractivity contribution in [2.75, 3.05) is 0 Å². The Kier molecular flexibility index (Phi) is 2.38. The van der Waals surface area contributed by atoms with Crippen LogP contribution in [0.4, 0.5) is 4.79 Å². The van der Waals surface area contributed by atoms with Gasteiger partial charge >= 0.3 is 6.09 Å². The van der Waals surface area contributed by atoms with Gasteiger partial charge in [0.25, 0.3) is 5.91 Å². The van der Waals surface area contributed by atoms with Crippen LogP contribution in [0.25, 0.3) is 11.0 Å². The third-order valence-corrected chi connectivity index (χ3v) is 1.85. The molecule has 2 heterocycles. The third kappa shape index (κ3) is 1.75. The summed E-state index contributed by atoms with van der Waals surface area (Å²) in [5.74, 6) is -0.644.